The lowest BCUT2D eigenvalue weighted by Gasteiger charge is -2.42. The molecule has 4 unspecified atom stereocenters. The maximum atomic E-state index is 14.2. The zero-order chi connectivity index (χ0) is 29.1. The monoisotopic (exact) mass is 562 g/mol. The van der Waals surface area contributed by atoms with Crippen LogP contribution in [0.25, 0.3) is 0 Å². The first-order valence-corrected chi connectivity index (χ1v) is 14.9. The molecule has 0 aromatic heterocycles. The lowest BCUT2D eigenvalue weighted by Crippen LogP contribution is -2.47. The summed E-state index contributed by atoms with van der Waals surface area (Å²) in [6, 6.07) is 17.0. The highest BCUT2D eigenvalue weighted by Crippen LogP contribution is 2.55. The Bertz CT molecular complexity index is 1590. The average molecular weight is 563 g/mol. The van der Waals surface area contributed by atoms with E-state index in [0.29, 0.717) is 28.7 Å². The highest BCUT2D eigenvalue weighted by Gasteiger charge is 2.57. The Hall–Kier alpha value is -4.10. The first kappa shape index (κ1) is 26.8. The number of hydrogen-bond donors (Lipinski definition) is 1. The average Bonchev–Trinajstić information content (AvgIpc) is 3.25. The van der Waals surface area contributed by atoms with Crippen molar-refractivity contribution >= 4 is 23.4 Å². The van der Waals surface area contributed by atoms with Crippen molar-refractivity contribution < 1.29 is 24.3 Å². The molecule has 214 valence electrons. The molecule has 2 amide bonds. The van der Waals surface area contributed by atoms with Gasteiger partial charge in [-0.2, -0.15) is 0 Å². The van der Waals surface area contributed by atoms with Crippen molar-refractivity contribution in [2.75, 3.05) is 13.1 Å². The topological polar surface area (TPSA) is 95.0 Å². The van der Waals surface area contributed by atoms with Gasteiger partial charge in [-0.3, -0.25) is 29.0 Å². The van der Waals surface area contributed by atoms with Crippen molar-refractivity contribution in [3.05, 3.63) is 100 Å². The smallest absolute Gasteiger partial charge is 0.233 e. The number of phenols is 1. The third kappa shape index (κ3) is 4.29. The van der Waals surface area contributed by atoms with Crippen LogP contribution in [-0.4, -0.2) is 57.4 Å². The third-order valence-electron chi connectivity index (χ3n) is 9.97. The number of amides is 2. The summed E-state index contributed by atoms with van der Waals surface area (Å²) in [5.41, 5.74) is 4.16. The van der Waals surface area contributed by atoms with Crippen LogP contribution in [0.3, 0.4) is 0 Å². The largest absolute Gasteiger partial charge is 0.508 e. The van der Waals surface area contributed by atoms with E-state index in [1.165, 1.54) is 11.6 Å². The number of likely N-dealkylation sites (tertiary alicyclic amines) is 2. The third-order valence-corrected chi connectivity index (χ3v) is 9.97. The van der Waals surface area contributed by atoms with E-state index in [1.54, 1.807) is 30.0 Å². The number of rotatable bonds is 4. The van der Waals surface area contributed by atoms with E-state index < -0.39 is 17.8 Å². The van der Waals surface area contributed by atoms with Gasteiger partial charge < -0.3 is 5.11 Å². The molecule has 2 fully saturated rings. The van der Waals surface area contributed by atoms with Crippen LogP contribution in [-0.2, 0) is 25.7 Å². The second-order valence-corrected chi connectivity index (χ2v) is 12.4. The fourth-order valence-electron chi connectivity index (χ4n) is 8.03. The summed E-state index contributed by atoms with van der Waals surface area (Å²) in [4.78, 5) is 58.7. The van der Waals surface area contributed by atoms with Gasteiger partial charge in [-0.1, -0.05) is 54.1 Å². The Morgan fingerprint density at radius 3 is 2.40 bits per heavy atom. The van der Waals surface area contributed by atoms with Gasteiger partial charge in [0.25, 0.3) is 0 Å². The van der Waals surface area contributed by atoms with Crippen LogP contribution in [0.15, 0.2) is 89.0 Å². The predicted molar refractivity (Wildman–Crippen MR) is 156 cm³/mol. The molecule has 1 N–H and O–H groups in total. The highest BCUT2D eigenvalue weighted by atomic mass is 16.3. The van der Waals surface area contributed by atoms with Crippen LogP contribution < -0.4 is 0 Å². The zero-order valence-corrected chi connectivity index (χ0v) is 23.7. The van der Waals surface area contributed by atoms with Crippen molar-refractivity contribution in [3.63, 3.8) is 0 Å². The maximum Gasteiger partial charge on any atom is 0.233 e. The number of benzene rings is 2. The SMILES string of the molecule is CC1=CC(=O)C2=C(CC3C(=CCC4C(=O)N(C5CCN(Cc6ccccc6)CC5)C(=O)C43)C2c2cccc(O)c2)C1=O. The molecular weight excluding hydrogens is 528 g/mol. The molecule has 0 saturated carbocycles. The summed E-state index contributed by atoms with van der Waals surface area (Å²) in [5.74, 6) is -2.42. The molecule has 4 atom stereocenters. The minimum absolute atomic E-state index is 0.0734. The van der Waals surface area contributed by atoms with E-state index in [9.17, 15) is 24.3 Å². The van der Waals surface area contributed by atoms with Gasteiger partial charge in [0.2, 0.25) is 11.8 Å². The first-order valence-electron chi connectivity index (χ1n) is 14.9. The summed E-state index contributed by atoms with van der Waals surface area (Å²) in [6.45, 7) is 4.14. The molecular formula is C35H34N2O5. The number of piperidine rings is 1. The fourth-order valence-corrected chi connectivity index (χ4v) is 8.03. The number of phenolic OH excluding ortho intramolecular Hbond substituents is 1. The molecule has 2 aliphatic heterocycles. The molecule has 7 nitrogen and oxygen atoms in total. The predicted octanol–water partition coefficient (Wildman–Crippen LogP) is 4.49. The van der Waals surface area contributed by atoms with Crippen LogP contribution in [0.4, 0.5) is 0 Å². The molecule has 0 radical (unpaired) electrons. The molecule has 2 saturated heterocycles. The van der Waals surface area contributed by atoms with Gasteiger partial charge in [-0.25, -0.2) is 0 Å². The number of ketones is 2. The van der Waals surface area contributed by atoms with E-state index >= 15 is 0 Å². The molecule has 7 heteroatoms. The molecule has 3 aliphatic carbocycles. The Kier molecular flexibility index (Phi) is 6.58. The van der Waals surface area contributed by atoms with Crippen molar-refractivity contribution in [1.29, 1.82) is 0 Å². The van der Waals surface area contributed by atoms with E-state index in [4.69, 9.17) is 0 Å². The minimum atomic E-state index is -0.553. The van der Waals surface area contributed by atoms with Gasteiger partial charge in [-0.15, -0.1) is 0 Å². The summed E-state index contributed by atoms with van der Waals surface area (Å²) < 4.78 is 0. The number of aromatic hydroxyl groups is 1. The van der Waals surface area contributed by atoms with Crippen LogP contribution in [0.1, 0.15) is 49.7 Å². The molecule has 0 bridgehead atoms. The molecule has 42 heavy (non-hydrogen) atoms. The van der Waals surface area contributed by atoms with E-state index in [1.807, 2.05) is 30.3 Å². The number of imide groups is 1. The van der Waals surface area contributed by atoms with Crippen molar-refractivity contribution in [3.8, 4) is 5.75 Å². The van der Waals surface area contributed by atoms with E-state index in [-0.39, 0.29) is 47.5 Å². The van der Waals surface area contributed by atoms with Gasteiger partial charge in [0.05, 0.1) is 11.8 Å². The summed E-state index contributed by atoms with van der Waals surface area (Å²) >= 11 is 0. The molecule has 7 rings (SSSR count). The number of carbonyl (C=O) groups is 4. The van der Waals surface area contributed by atoms with Crippen LogP contribution in [0.2, 0.25) is 0 Å². The van der Waals surface area contributed by atoms with Gasteiger partial charge in [-0.05, 0) is 67.9 Å². The second kappa shape index (κ2) is 10.3. The van der Waals surface area contributed by atoms with Crippen LogP contribution in [0, 0.1) is 17.8 Å². The zero-order valence-electron chi connectivity index (χ0n) is 23.7. The lowest BCUT2D eigenvalue weighted by atomic mass is 9.59. The molecule has 0 spiro atoms. The van der Waals surface area contributed by atoms with Gasteiger partial charge in [0, 0.05) is 48.3 Å². The number of fused-ring (bicyclic) bond motifs is 3. The standard InChI is InChI=1S/C35H34N2O5/c1-20-16-29(39)32-28(33(20)40)18-27-25(30(32)22-8-5-9-24(38)17-22)10-11-26-31(27)35(42)37(34(26)41)23-12-14-36(15-13-23)19-21-6-3-2-4-7-21/h2-10,16-17,23,26-27,30-31,38H,11-15,18-19H2,1H3. The maximum absolute atomic E-state index is 14.2. The summed E-state index contributed by atoms with van der Waals surface area (Å²) in [6.07, 6.45) is 5.62. The quantitative estimate of drug-likeness (QED) is 0.335. The Morgan fingerprint density at radius 2 is 1.67 bits per heavy atom. The van der Waals surface area contributed by atoms with Crippen LogP contribution >= 0.6 is 0 Å². The summed E-state index contributed by atoms with van der Waals surface area (Å²) in [5, 5.41) is 10.3. The number of carbonyl (C=O) groups excluding carboxylic acids is 4. The van der Waals surface area contributed by atoms with E-state index in [0.717, 1.165) is 38.0 Å². The number of nitrogens with zero attached hydrogens (tertiary/aromatic N) is 2. The molecule has 2 aromatic rings. The lowest BCUT2D eigenvalue weighted by molar-refractivity contribution is -0.144. The van der Waals surface area contributed by atoms with Crippen LogP contribution in [0.5, 0.6) is 5.75 Å². The number of hydrogen-bond acceptors (Lipinski definition) is 6. The summed E-state index contributed by atoms with van der Waals surface area (Å²) in [7, 11) is 0. The van der Waals surface area contributed by atoms with Gasteiger partial charge in [0.1, 0.15) is 5.75 Å². The van der Waals surface area contributed by atoms with Gasteiger partial charge in [0.15, 0.2) is 11.6 Å². The second-order valence-electron chi connectivity index (χ2n) is 12.4. The fraction of sp³-hybridized carbons (Fsp3) is 0.371. The normalized spacial score (nSPS) is 28.4. The highest BCUT2D eigenvalue weighted by molar-refractivity contribution is 6.23. The van der Waals surface area contributed by atoms with Crippen molar-refractivity contribution in [1.82, 2.24) is 9.80 Å². The van der Waals surface area contributed by atoms with E-state index in [2.05, 4.69) is 17.0 Å². The van der Waals surface area contributed by atoms with Gasteiger partial charge >= 0.3 is 0 Å². The molecule has 2 heterocycles. The Morgan fingerprint density at radius 1 is 0.905 bits per heavy atom. The number of allylic oxidation sites excluding steroid dienone is 6. The molecule has 5 aliphatic rings. The Labute approximate surface area is 245 Å². The Balaban J connectivity index is 1.18. The minimum Gasteiger partial charge on any atom is -0.508 e. The molecule has 2 aromatic carbocycles. The first-order chi connectivity index (χ1) is 20.3. The van der Waals surface area contributed by atoms with Crippen molar-refractivity contribution in [2.45, 2.75) is 51.1 Å². The number of Topliss-reactive ketones (excluding diaryl/α,β-unsaturated/α-hetero) is 1. The van der Waals surface area contributed by atoms with Crippen molar-refractivity contribution in [2.24, 2.45) is 17.8 Å².